The molecule has 0 unspecified atom stereocenters. The van der Waals surface area contributed by atoms with Crippen molar-refractivity contribution in [2.75, 3.05) is 17.7 Å². The molecule has 5 nitrogen and oxygen atoms in total. The van der Waals surface area contributed by atoms with Gasteiger partial charge in [0.05, 0.1) is 7.11 Å². The number of urea groups is 1. The number of amides is 2. The summed E-state index contributed by atoms with van der Waals surface area (Å²) < 4.78 is 5.28. The van der Waals surface area contributed by atoms with Gasteiger partial charge >= 0.3 is 6.03 Å². The van der Waals surface area contributed by atoms with Crippen molar-refractivity contribution in [3.05, 3.63) is 84.4 Å². The predicted octanol–water partition coefficient (Wildman–Crippen LogP) is 4.76. The maximum Gasteiger partial charge on any atom is 0.319 e. The van der Waals surface area contributed by atoms with Gasteiger partial charge in [-0.1, -0.05) is 36.4 Å². The van der Waals surface area contributed by atoms with Gasteiger partial charge in [-0.15, -0.1) is 0 Å². The molecule has 0 bridgehead atoms. The molecule has 0 saturated carbocycles. The Balaban J connectivity index is 1.53. The quantitative estimate of drug-likeness (QED) is 0.602. The minimum atomic E-state index is -0.264. The minimum Gasteiger partial charge on any atom is -0.496 e. The van der Waals surface area contributed by atoms with Crippen LogP contribution in [0.15, 0.2) is 78.9 Å². The van der Waals surface area contributed by atoms with E-state index in [4.69, 9.17) is 4.74 Å². The topological polar surface area (TPSA) is 62.4 Å². The van der Waals surface area contributed by atoms with Gasteiger partial charge in [-0.2, -0.15) is 0 Å². The summed E-state index contributed by atoms with van der Waals surface area (Å²) in [5.74, 6) is 0.754. The van der Waals surface area contributed by atoms with E-state index in [1.807, 2.05) is 78.9 Å². The first kappa shape index (κ1) is 17.4. The first-order valence-corrected chi connectivity index (χ1v) is 8.33. The lowest BCUT2D eigenvalue weighted by Gasteiger charge is -2.11. The highest BCUT2D eigenvalue weighted by atomic mass is 16.5. The number of rotatable bonds is 6. The van der Waals surface area contributed by atoms with Crippen molar-refractivity contribution in [3.63, 3.8) is 0 Å². The Labute approximate surface area is 153 Å². The van der Waals surface area contributed by atoms with Crippen LogP contribution in [0.5, 0.6) is 5.75 Å². The summed E-state index contributed by atoms with van der Waals surface area (Å²) >= 11 is 0. The number of anilines is 3. The lowest BCUT2D eigenvalue weighted by Crippen LogP contribution is -2.28. The molecule has 3 rings (SSSR count). The number of hydrogen-bond donors (Lipinski definition) is 3. The zero-order valence-electron chi connectivity index (χ0n) is 14.5. The van der Waals surface area contributed by atoms with Gasteiger partial charge in [0.15, 0.2) is 0 Å². The van der Waals surface area contributed by atoms with E-state index in [2.05, 4.69) is 16.0 Å². The summed E-state index contributed by atoms with van der Waals surface area (Å²) in [6, 6.07) is 24.8. The molecule has 3 aromatic carbocycles. The molecule has 132 valence electrons. The number of carbonyl (C=O) groups excluding carboxylic acids is 1. The van der Waals surface area contributed by atoms with Crippen LogP contribution in [0.4, 0.5) is 21.9 Å². The number of hydrogen-bond acceptors (Lipinski definition) is 3. The maximum atomic E-state index is 12.1. The molecule has 3 aromatic rings. The SMILES string of the molecule is COc1ccccc1CNC(=O)Nc1ccc(Nc2ccccc2)cc1. The van der Waals surface area contributed by atoms with Crippen molar-refractivity contribution in [1.29, 1.82) is 0 Å². The molecule has 26 heavy (non-hydrogen) atoms. The van der Waals surface area contributed by atoms with Crippen LogP contribution in [-0.4, -0.2) is 13.1 Å². The van der Waals surface area contributed by atoms with E-state index in [1.165, 1.54) is 0 Å². The van der Waals surface area contributed by atoms with Crippen LogP contribution < -0.4 is 20.7 Å². The molecule has 0 aliphatic carbocycles. The molecule has 0 heterocycles. The van der Waals surface area contributed by atoms with Crippen molar-refractivity contribution >= 4 is 23.1 Å². The van der Waals surface area contributed by atoms with Crippen LogP contribution >= 0.6 is 0 Å². The highest BCUT2D eigenvalue weighted by molar-refractivity contribution is 5.89. The molecule has 5 heteroatoms. The molecule has 0 saturated heterocycles. The third-order valence-corrected chi connectivity index (χ3v) is 3.84. The average Bonchev–Trinajstić information content (AvgIpc) is 2.69. The Bertz CT molecular complexity index is 849. The number of methoxy groups -OCH3 is 1. The van der Waals surface area contributed by atoms with E-state index in [0.29, 0.717) is 6.54 Å². The Hall–Kier alpha value is -3.47. The van der Waals surface area contributed by atoms with Gasteiger partial charge in [-0.25, -0.2) is 4.79 Å². The molecule has 0 radical (unpaired) electrons. The van der Waals surface area contributed by atoms with Crippen LogP contribution in [0.1, 0.15) is 5.56 Å². The van der Waals surface area contributed by atoms with Gasteiger partial charge in [0.1, 0.15) is 5.75 Å². The molecule has 3 N–H and O–H groups in total. The maximum absolute atomic E-state index is 12.1. The van der Waals surface area contributed by atoms with Crippen LogP contribution in [0, 0.1) is 0 Å². The van der Waals surface area contributed by atoms with E-state index in [9.17, 15) is 4.79 Å². The first-order valence-electron chi connectivity index (χ1n) is 8.33. The first-order chi connectivity index (χ1) is 12.7. The third-order valence-electron chi connectivity index (χ3n) is 3.84. The molecule has 0 spiro atoms. The average molecular weight is 347 g/mol. The molecule has 0 aliphatic heterocycles. The van der Waals surface area contributed by atoms with Gasteiger partial charge in [0.25, 0.3) is 0 Å². The van der Waals surface area contributed by atoms with Crippen LogP contribution in [-0.2, 0) is 6.54 Å². The Morgan fingerprint density at radius 1 is 0.808 bits per heavy atom. The second kappa shape index (κ2) is 8.58. The Kier molecular flexibility index (Phi) is 5.72. The summed E-state index contributed by atoms with van der Waals surface area (Å²) in [5, 5.41) is 8.95. The van der Waals surface area contributed by atoms with Crippen molar-refractivity contribution in [3.8, 4) is 5.75 Å². The number of benzene rings is 3. The standard InChI is InChI=1S/C21H21N3O2/c1-26-20-10-6-5-7-16(20)15-22-21(25)24-19-13-11-18(12-14-19)23-17-8-3-2-4-9-17/h2-14,23H,15H2,1H3,(H2,22,24,25). The Morgan fingerprint density at radius 2 is 1.42 bits per heavy atom. The highest BCUT2D eigenvalue weighted by Crippen LogP contribution is 2.19. The van der Waals surface area contributed by atoms with E-state index < -0.39 is 0 Å². The summed E-state index contributed by atoms with van der Waals surface area (Å²) in [6.45, 7) is 0.392. The van der Waals surface area contributed by atoms with Crippen LogP contribution in [0.2, 0.25) is 0 Å². The predicted molar refractivity (Wildman–Crippen MR) is 105 cm³/mol. The second-order valence-corrected chi connectivity index (χ2v) is 5.69. The summed E-state index contributed by atoms with van der Waals surface area (Å²) in [4.78, 5) is 12.1. The van der Waals surface area contributed by atoms with Gasteiger partial charge in [0, 0.05) is 29.2 Å². The number of para-hydroxylation sites is 2. The third kappa shape index (κ3) is 4.77. The fraction of sp³-hybridized carbons (Fsp3) is 0.0952. The van der Waals surface area contributed by atoms with Gasteiger partial charge in [-0.3, -0.25) is 0 Å². The van der Waals surface area contributed by atoms with Crippen LogP contribution in [0.25, 0.3) is 0 Å². The van der Waals surface area contributed by atoms with E-state index in [-0.39, 0.29) is 6.03 Å². The molecule has 0 aromatic heterocycles. The number of carbonyl (C=O) groups is 1. The van der Waals surface area contributed by atoms with Gasteiger partial charge in [-0.05, 0) is 42.5 Å². The molecule has 0 atom stereocenters. The second-order valence-electron chi connectivity index (χ2n) is 5.69. The van der Waals surface area contributed by atoms with E-state index in [0.717, 1.165) is 28.4 Å². The van der Waals surface area contributed by atoms with E-state index in [1.54, 1.807) is 7.11 Å². The molecule has 0 fully saturated rings. The van der Waals surface area contributed by atoms with E-state index >= 15 is 0 Å². The van der Waals surface area contributed by atoms with Crippen molar-refractivity contribution in [1.82, 2.24) is 5.32 Å². The fourth-order valence-electron chi connectivity index (χ4n) is 2.52. The van der Waals surface area contributed by atoms with Crippen LogP contribution in [0.3, 0.4) is 0 Å². The normalized spacial score (nSPS) is 10.0. The molecule has 2 amide bonds. The van der Waals surface area contributed by atoms with Crippen molar-refractivity contribution in [2.24, 2.45) is 0 Å². The van der Waals surface area contributed by atoms with Gasteiger partial charge in [0.2, 0.25) is 0 Å². The van der Waals surface area contributed by atoms with Crippen molar-refractivity contribution < 1.29 is 9.53 Å². The summed E-state index contributed by atoms with van der Waals surface area (Å²) in [6.07, 6.45) is 0. The number of nitrogens with one attached hydrogen (secondary N) is 3. The molecule has 0 aliphatic rings. The minimum absolute atomic E-state index is 0.264. The smallest absolute Gasteiger partial charge is 0.319 e. The van der Waals surface area contributed by atoms with Gasteiger partial charge < -0.3 is 20.7 Å². The molecular formula is C21H21N3O2. The lowest BCUT2D eigenvalue weighted by molar-refractivity contribution is 0.251. The Morgan fingerprint density at radius 3 is 2.15 bits per heavy atom. The lowest BCUT2D eigenvalue weighted by atomic mass is 10.2. The van der Waals surface area contributed by atoms with Crippen molar-refractivity contribution in [2.45, 2.75) is 6.54 Å². The monoisotopic (exact) mass is 347 g/mol. The highest BCUT2D eigenvalue weighted by Gasteiger charge is 2.05. The largest absolute Gasteiger partial charge is 0.496 e. The zero-order valence-corrected chi connectivity index (χ0v) is 14.5. The summed E-state index contributed by atoms with van der Waals surface area (Å²) in [5.41, 5.74) is 3.62. The summed E-state index contributed by atoms with van der Waals surface area (Å²) in [7, 11) is 1.62. The molecular weight excluding hydrogens is 326 g/mol. The number of ether oxygens (including phenoxy) is 1. The zero-order chi connectivity index (χ0) is 18.2. The fourth-order valence-corrected chi connectivity index (χ4v) is 2.52.